The molecule has 1 aromatic carbocycles. The molecule has 1 atom stereocenters. The second-order valence-electron chi connectivity index (χ2n) is 4.91. The summed E-state index contributed by atoms with van der Waals surface area (Å²) in [6.07, 6.45) is 0. The number of carbonyl (C=O) groups excluding carboxylic acids is 3. The van der Waals surface area contributed by atoms with Crippen LogP contribution in [-0.4, -0.2) is 31.6 Å². The van der Waals surface area contributed by atoms with Gasteiger partial charge in [0.05, 0.1) is 25.0 Å². The van der Waals surface area contributed by atoms with Gasteiger partial charge in [0.25, 0.3) is 0 Å². The fourth-order valence-electron chi connectivity index (χ4n) is 2.36. The van der Waals surface area contributed by atoms with Crippen molar-refractivity contribution in [2.24, 2.45) is 5.41 Å². The van der Waals surface area contributed by atoms with Crippen molar-refractivity contribution in [3.8, 4) is 0 Å². The molecule has 1 amide bonds. The molecular formula is C16H17NO5. The number of esters is 2. The zero-order valence-electron chi connectivity index (χ0n) is 12.6. The Morgan fingerprint density at radius 3 is 2.41 bits per heavy atom. The monoisotopic (exact) mass is 303 g/mol. The van der Waals surface area contributed by atoms with Gasteiger partial charge in [-0.1, -0.05) is 30.3 Å². The summed E-state index contributed by atoms with van der Waals surface area (Å²) in [5.41, 5.74) is -0.879. The van der Waals surface area contributed by atoms with E-state index in [-0.39, 0.29) is 17.9 Å². The molecule has 1 aliphatic rings. The Bertz CT molecular complexity index is 650. The van der Waals surface area contributed by atoms with Crippen LogP contribution < -0.4 is 5.32 Å². The zero-order valence-corrected chi connectivity index (χ0v) is 12.6. The summed E-state index contributed by atoms with van der Waals surface area (Å²) in [5.74, 6) is -2.13. The largest absolute Gasteiger partial charge is 0.466 e. The number of amides is 1. The van der Waals surface area contributed by atoms with Crippen molar-refractivity contribution in [2.45, 2.75) is 13.8 Å². The molecule has 0 aliphatic carbocycles. The summed E-state index contributed by atoms with van der Waals surface area (Å²) in [4.78, 5) is 36.8. The summed E-state index contributed by atoms with van der Waals surface area (Å²) >= 11 is 0. The predicted octanol–water partition coefficient (Wildman–Crippen LogP) is 1.27. The lowest BCUT2D eigenvalue weighted by molar-refractivity contribution is -0.158. The second-order valence-corrected chi connectivity index (χ2v) is 4.91. The zero-order chi connectivity index (χ0) is 16.3. The van der Waals surface area contributed by atoms with Gasteiger partial charge in [-0.05, 0) is 19.4 Å². The van der Waals surface area contributed by atoms with Gasteiger partial charge in [-0.25, -0.2) is 4.79 Å². The van der Waals surface area contributed by atoms with Gasteiger partial charge in [0.15, 0.2) is 5.41 Å². The first-order valence-electron chi connectivity index (χ1n) is 6.84. The number of hydrogen-bond donors (Lipinski definition) is 1. The Morgan fingerprint density at radius 2 is 1.86 bits per heavy atom. The summed E-state index contributed by atoms with van der Waals surface area (Å²) in [6, 6.07) is 8.81. The quantitative estimate of drug-likeness (QED) is 0.669. The van der Waals surface area contributed by atoms with Gasteiger partial charge >= 0.3 is 11.9 Å². The van der Waals surface area contributed by atoms with Gasteiger partial charge in [-0.2, -0.15) is 0 Å². The van der Waals surface area contributed by atoms with Crippen molar-refractivity contribution in [1.82, 2.24) is 5.32 Å². The standard InChI is InChI=1S/C16H17NO5/c1-4-22-15(20)16(2)11(13(18)21-3)12(17-14(16)19)10-8-6-5-7-9-10/h5-9H,4H2,1-3H3,(H,17,19). The Morgan fingerprint density at radius 1 is 1.23 bits per heavy atom. The van der Waals surface area contributed by atoms with E-state index < -0.39 is 23.3 Å². The summed E-state index contributed by atoms with van der Waals surface area (Å²) < 4.78 is 9.73. The van der Waals surface area contributed by atoms with Crippen molar-refractivity contribution in [3.63, 3.8) is 0 Å². The lowest BCUT2D eigenvalue weighted by atomic mass is 9.82. The predicted molar refractivity (Wildman–Crippen MR) is 78.3 cm³/mol. The maximum atomic E-state index is 12.4. The molecule has 1 aromatic rings. The topological polar surface area (TPSA) is 81.7 Å². The highest BCUT2D eigenvalue weighted by atomic mass is 16.5. The Hall–Kier alpha value is -2.63. The van der Waals surface area contributed by atoms with E-state index in [9.17, 15) is 14.4 Å². The van der Waals surface area contributed by atoms with Crippen LogP contribution in [0.15, 0.2) is 35.9 Å². The van der Waals surface area contributed by atoms with Crippen molar-refractivity contribution in [2.75, 3.05) is 13.7 Å². The van der Waals surface area contributed by atoms with Crippen molar-refractivity contribution >= 4 is 23.5 Å². The number of carbonyl (C=O) groups is 3. The molecule has 0 spiro atoms. The fraction of sp³-hybridized carbons (Fsp3) is 0.312. The van der Waals surface area contributed by atoms with E-state index in [4.69, 9.17) is 9.47 Å². The van der Waals surface area contributed by atoms with E-state index in [1.807, 2.05) is 6.07 Å². The average Bonchev–Trinajstić information content (AvgIpc) is 2.81. The molecule has 0 fully saturated rings. The van der Waals surface area contributed by atoms with Crippen LogP contribution in [0.2, 0.25) is 0 Å². The molecule has 1 N–H and O–H groups in total. The third-order valence-corrected chi connectivity index (χ3v) is 3.58. The highest BCUT2D eigenvalue weighted by molar-refractivity contribution is 6.22. The number of rotatable bonds is 4. The molecule has 116 valence electrons. The SMILES string of the molecule is CCOC(=O)C1(C)C(=O)NC(c2ccccc2)=C1C(=O)OC. The Balaban J connectivity index is 2.64. The summed E-state index contributed by atoms with van der Waals surface area (Å²) in [6.45, 7) is 3.10. The van der Waals surface area contributed by atoms with E-state index >= 15 is 0 Å². The van der Waals surface area contributed by atoms with E-state index in [0.717, 1.165) is 0 Å². The third kappa shape index (κ3) is 2.36. The van der Waals surface area contributed by atoms with Crippen LogP contribution in [0.4, 0.5) is 0 Å². The van der Waals surface area contributed by atoms with Crippen LogP contribution in [-0.2, 0) is 23.9 Å². The molecule has 1 unspecified atom stereocenters. The van der Waals surface area contributed by atoms with Gasteiger partial charge in [-0.3, -0.25) is 9.59 Å². The van der Waals surface area contributed by atoms with E-state index in [1.54, 1.807) is 31.2 Å². The number of methoxy groups -OCH3 is 1. The lowest BCUT2D eigenvalue weighted by Crippen LogP contribution is -2.42. The minimum atomic E-state index is -1.73. The van der Waals surface area contributed by atoms with Crippen LogP contribution in [0, 0.1) is 5.41 Å². The van der Waals surface area contributed by atoms with Crippen molar-refractivity contribution < 1.29 is 23.9 Å². The maximum absolute atomic E-state index is 12.4. The van der Waals surface area contributed by atoms with E-state index in [1.165, 1.54) is 14.0 Å². The molecule has 0 radical (unpaired) electrons. The molecule has 0 bridgehead atoms. The molecule has 6 heteroatoms. The summed E-state index contributed by atoms with van der Waals surface area (Å²) in [7, 11) is 1.20. The average molecular weight is 303 g/mol. The van der Waals surface area contributed by atoms with Crippen LogP contribution in [0.25, 0.3) is 5.70 Å². The molecule has 1 aliphatic heterocycles. The third-order valence-electron chi connectivity index (χ3n) is 3.58. The van der Waals surface area contributed by atoms with E-state index in [0.29, 0.717) is 5.56 Å². The van der Waals surface area contributed by atoms with Gasteiger partial charge < -0.3 is 14.8 Å². The Labute approximate surface area is 128 Å². The first-order valence-corrected chi connectivity index (χ1v) is 6.84. The highest BCUT2D eigenvalue weighted by Gasteiger charge is 2.55. The number of ether oxygens (including phenoxy) is 2. The minimum absolute atomic E-state index is 0.0374. The molecule has 0 saturated heterocycles. The number of hydrogen-bond acceptors (Lipinski definition) is 5. The van der Waals surface area contributed by atoms with E-state index in [2.05, 4.69) is 5.32 Å². The molecular weight excluding hydrogens is 286 g/mol. The first kappa shape index (κ1) is 15.8. The fourth-order valence-corrected chi connectivity index (χ4v) is 2.36. The van der Waals surface area contributed by atoms with Gasteiger partial charge in [0.1, 0.15) is 0 Å². The number of nitrogens with one attached hydrogen (secondary N) is 1. The molecule has 22 heavy (non-hydrogen) atoms. The lowest BCUT2D eigenvalue weighted by Gasteiger charge is -2.21. The molecule has 0 saturated carbocycles. The molecule has 0 aromatic heterocycles. The molecule has 2 rings (SSSR count). The molecule has 6 nitrogen and oxygen atoms in total. The van der Waals surface area contributed by atoms with Crippen molar-refractivity contribution in [1.29, 1.82) is 0 Å². The van der Waals surface area contributed by atoms with Crippen LogP contribution >= 0.6 is 0 Å². The summed E-state index contributed by atoms with van der Waals surface area (Å²) in [5, 5.41) is 2.60. The van der Waals surface area contributed by atoms with Crippen LogP contribution in [0.3, 0.4) is 0 Å². The van der Waals surface area contributed by atoms with Gasteiger partial charge in [0, 0.05) is 0 Å². The number of benzene rings is 1. The smallest absolute Gasteiger partial charge is 0.337 e. The van der Waals surface area contributed by atoms with Crippen LogP contribution in [0.5, 0.6) is 0 Å². The molecule has 1 heterocycles. The normalized spacial score (nSPS) is 20.6. The van der Waals surface area contributed by atoms with Gasteiger partial charge in [-0.15, -0.1) is 0 Å². The Kier molecular flexibility index (Phi) is 4.30. The van der Waals surface area contributed by atoms with Crippen molar-refractivity contribution in [3.05, 3.63) is 41.5 Å². The first-order chi connectivity index (χ1) is 10.5. The minimum Gasteiger partial charge on any atom is -0.466 e. The van der Waals surface area contributed by atoms with Gasteiger partial charge in [0.2, 0.25) is 5.91 Å². The maximum Gasteiger partial charge on any atom is 0.337 e. The second kappa shape index (κ2) is 6.01. The highest BCUT2D eigenvalue weighted by Crippen LogP contribution is 2.40. The van der Waals surface area contributed by atoms with Crippen LogP contribution in [0.1, 0.15) is 19.4 Å².